The number of amides is 2. The molecule has 0 aromatic heterocycles. The summed E-state index contributed by atoms with van der Waals surface area (Å²) in [6.07, 6.45) is 5.34. The maximum absolute atomic E-state index is 13.6. The number of rotatable bonds is 10. The first-order valence-electron chi connectivity index (χ1n) is 11.6. The molecular weight excluding hydrogens is 457 g/mol. The summed E-state index contributed by atoms with van der Waals surface area (Å²) in [6, 6.07) is 13.5. The number of hydrogen-bond donors (Lipinski definition) is 1. The van der Waals surface area contributed by atoms with Crippen molar-refractivity contribution < 1.29 is 22.4 Å². The zero-order valence-corrected chi connectivity index (χ0v) is 20.4. The van der Waals surface area contributed by atoms with Crippen molar-refractivity contribution in [2.75, 3.05) is 17.1 Å². The molecule has 0 saturated heterocycles. The predicted molar refractivity (Wildman–Crippen MR) is 130 cm³/mol. The number of carbonyl (C=O) groups excluding carboxylic acids is 2. The highest BCUT2D eigenvalue weighted by Crippen LogP contribution is 2.21. The van der Waals surface area contributed by atoms with Crippen molar-refractivity contribution in [3.05, 3.63) is 66.0 Å². The van der Waals surface area contributed by atoms with Crippen molar-refractivity contribution in [2.24, 2.45) is 0 Å². The molecule has 0 spiro atoms. The summed E-state index contributed by atoms with van der Waals surface area (Å²) in [4.78, 5) is 28.2. The molecule has 0 radical (unpaired) electrons. The van der Waals surface area contributed by atoms with Gasteiger partial charge in [-0.25, -0.2) is 12.8 Å². The van der Waals surface area contributed by atoms with Crippen molar-refractivity contribution in [1.82, 2.24) is 10.2 Å². The summed E-state index contributed by atoms with van der Waals surface area (Å²) in [5, 5.41) is 3.07. The molecule has 0 aliphatic heterocycles. The van der Waals surface area contributed by atoms with Gasteiger partial charge in [0.1, 0.15) is 18.4 Å². The second-order valence-corrected chi connectivity index (χ2v) is 10.6. The summed E-state index contributed by atoms with van der Waals surface area (Å²) in [7, 11) is -3.84. The predicted octanol–water partition coefficient (Wildman–Crippen LogP) is 3.46. The minimum absolute atomic E-state index is 0.0990. The van der Waals surface area contributed by atoms with Gasteiger partial charge in [-0.2, -0.15) is 0 Å². The summed E-state index contributed by atoms with van der Waals surface area (Å²) < 4.78 is 39.4. The van der Waals surface area contributed by atoms with Gasteiger partial charge in [0.05, 0.1) is 11.9 Å². The van der Waals surface area contributed by atoms with E-state index in [0.717, 1.165) is 53.9 Å². The van der Waals surface area contributed by atoms with E-state index < -0.39 is 34.3 Å². The molecule has 0 bridgehead atoms. The van der Waals surface area contributed by atoms with E-state index in [1.807, 2.05) is 37.3 Å². The van der Waals surface area contributed by atoms with Crippen LogP contribution >= 0.6 is 0 Å². The molecule has 7 nitrogen and oxygen atoms in total. The number of hydrogen-bond acceptors (Lipinski definition) is 4. The average molecular weight is 490 g/mol. The van der Waals surface area contributed by atoms with Crippen LogP contribution in [-0.4, -0.2) is 50.0 Å². The van der Waals surface area contributed by atoms with E-state index >= 15 is 0 Å². The van der Waals surface area contributed by atoms with E-state index in [1.54, 1.807) is 0 Å². The highest BCUT2D eigenvalue weighted by Gasteiger charge is 2.32. The topological polar surface area (TPSA) is 86.8 Å². The van der Waals surface area contributed by atoms with E-state index in [2.05, 4.69) is 5.32 Å². The maximum Gasteiger partial charge on any atom is 0.244 e. The molecule has 0 heterocycles. The fraction of sp³-hybridized carbons (Fsp3) is 0.440. The van der Waals surface area contributed by atoms with E-state index in [-0.39, 0.29) is 24.2 Å². The van der Waals surface area contributed by atoms with E-state index in [1.165, 1.54) is 17.0 Å². The van der Waals surface area contributed by atoms with Crippen LogP contribution in [0.1, 0.15) is 44.6 Å². The molecule has 0 unspecified atom stereocenters. The maximum atomic E-state index is 13.6. The molecular formula is C25H32FN3O4S. The van der Waals surface area contributed by atoms with E-state index in [9.17, 15) is 22.4 Å². The Morgan fingerprint density at radius 3 is 2.24 bits per heavy atom. The zero-order chi connectivity index (χ0) is 24.7. The van der Waals surface area contributed by atoms with Gasteiger partial charge in [0.15, 0.2) is 0 Å². The summed E-state index contributed by atoms with van der Waals surface area (Å²) in [5.41, 5.74) is 1.01. The fourth-order valence-corrected chi connectivity index (χ4v) is 5.14. The SMILES string of the molecule is CC[C@@H](C(=O)NC1CCCC1)N(Cc1ccccc1)C(=O)CN(c1ccc(F)cc1)S(C)(=O)=O. The molecule has 9 heteroatoms. The molecule has 1 fully saturated rings. The van der Waals surface area contributed by atoms with E-state index in [4.69, 9.17) is 0 Å². The molecule has 2 aromatic rings. The van der Waals surface area contributed by atoms with Gasteiger partial charge < -0.3 is 10.2 Å². The minimum atomic E-state index is -3.84. The lowest BCUT2D eigenvalue weighted by atomic mass is 10.1. The Balaban J connectivity index is 1.89. The Morgan fingerprint density at radius 2 is 1.68 bits per heavy atom. The van der Waals surface area contributed by atoms with Crippen molar-refractivity contribution >= 4 is 27.5 Å². The largest absolute Gasteiger partial charge is 0.352 e. The van der Waals surface area contributed by atoms with Gasteiger partial charge in [0.2, 0.25) is 21.8 Å². The van der Waals surface area contributed by atoms with Crippen molar-refractivity contribution in [1.29, 1.82) is 0 Å². The first kappa shape index (κ1) is 25.7. The third kappa shape index (κ3) is 6.79. The van der Waals surface area contributed by atoms with Crippen LogP contribution in [0.4, 0.5) is 10.1 Å². The molecule has 34 heavy (non-hydrogen) atoms. The van der Waals surface area contributed by atoms with Gasteiger partial charge in [-0.15, -0.1) is 0 Å². The lowest BCUT2D eigenvalue weighted by Gasteiger charge is -2.33. The molecule has 1 aliphatic rings. The average Bonchev–Trinajstić information content (AvgIpc) is 3.31. The Morgan fingerprint density at radius 1 is 1.06 bits per heavy atom. The van der Waals surface area contributed by atoms with Gasteiger partial charge in [-0.1, -0.05) is 50.1 Å². The summed E-state index contributed by atoms with van der Waals surface area (Å²) in [6.45, 7) is 1.50. The summed E-state index contributed by atoms with van der Waals surface area (Å²) >= 11 is 0. The minimum Gasteiger partial charge on any atom is -0.352 e. The van der Waals surface area contributed by atoms with E-state index in [0.29, 0.717) is 6.42 Å². The molecule has 1 atom stereocenters. The zero-order valence-electron chi connectivity index (χ0n) is 19.6. The van der Waals surface area contributed by atoms with Gasteiger partial charge >= 0.3 is 0 Å². The van der Waals surface area contributed by atoms with Crippen LogP contribution in [0.2, 0.25) is 0 Å². The number of anilines is 1. The first-order chi connectivity index (χ1) is 16.2. The highest BCUT2D eigenvalue weighted by molar-refractivity contribution is 7.92. The molecule has 2 aromatic carbocycles. The molecule has 1 aliphatic carbocycles. The quantitative estimate of drug-likeness (QED) is 0.554. The monoisotopic (exact) mass is 489 g/mol. The second-order valence-electron chi connectivity index (χ2n) is 8.67. The third-order valence-corrected chi connectivity index (χ3v) is 7.22. The molecule has 3 rings (SSSR count). The van der Waals surface area contributed by atoms with Gasteiger partial charge in [0, 0.05) is 12.6 Å². The van der Waals surface area contributed by atoms with Crippen molar-refractivity contribution in [3.8, 4) is 0 Å². The van der Waals surface area contributed by atoms with Crippen LogP contribution in [0.25, 0.3) is 0 Å². The highest BCUT2D eigenvalue weighted by atomic mass is 32.2. The van der Waals surface area contributed by atoms with Crippen LogP contribution in [0, 0.1) is 5.82 Å². The summed E-state index contributed by atoms with van der Waals surface area (Å²) in [5.74, 6) is -1.25. The van der Waals surface area contributed by atoms with Gasteiger partial charge in [0.25, 0.3) is 0 Å². The number of benzene rings is 2. The fourth-order valence-electron chi connectivity index (χ4n) is 4.29. The first-order valence-corrected chi connectivity index (χ1v) is 13.4. The van der Waals surface area contributed by atoms with Crippen LogP contribution < -0.4 is 9.62 Å². The number of sulfonamides is 1. The van der Waals surface area contributed by atoms with Gasteiger partial charge in [-0.05, 0) is 49.1 Å². The standard InChI is InChI=1S/C25H32FN3O4S/c1-3-23(25(31)27-21-11-7-8-12-21)28(17-19-9-5-4-6-10-19)24(30)18-29(34(2,32)33)22-15-13-20(26)14-16-22/h4-6,9-10,13-16,21,23H,3,7-8,11-12,17-18H2,1-2H3,(H,27,31)/t23-/m0/s1. The van der Waals surface area contributed by atoms with Gasteiger partial charge in [-0.3, -0.25) is 13.9 Å². The molecule has 2 amide bonds. The lowest BCUT2D eigenvalue weighted by Crippen LogP contribution is -2.53. The third-order valence-electron chi connectivity index (χ3n) is 6.08. The van der Waals surface area contributed by atoms with Crippen molar-refractivity contribution in [2.45, 2.75) is 57.7 Å². The normalized spacial score (nSPS) is 15.0. The number of carbonyl (C=O) groups is 2. The van der Waals surface area contributed by atoms with Crippen LogP contribution in [0.5, 0.6) is 0 Å². The Bertz CT molecular complexity index is 1070. The molecule has 1 saturated carbocycles. The van der Waals surface area contributed by atoms with Crippen LogP contribution in [-0.2, 0) is 26.2 Å². The lowest BCUT2D eigenvalue weighted by molar-refractivity contribution is -0.140. The Hall–Kier alpha value is -2.94. The Labute approximate surface area is 201 Å². The van der Waals surface area contributed by atoms with Crippen LogP contribution in [0.15, 0.2) is 54.6 Å². The number of halogens is 1. The molecule has 1 N–H and O–H groups in total. The smallest absolute Gasteiger partial charge is 0.244 e. The number of nitrogens with zero attached hydrogens (tertiary/aromatic N) is 2. The van der Waals surface area contributed by atoms with Crippen molar-refractivity contribution in [3.63, 3.8) is 0 Å². The van der Waals surface area contributed by atoms with Crippen LogP contribution in [0.3, 0.4) is 0 Å². The molecule has 184 valence electrons. The Kier molecular flexibility index (Phi) is 8.66. The second kappa shape index (κ2) is 11.5. The number of nitrogens with one attached hydrogen (secondary N) is 1.